The van der Waals surface area contributed by atoms with Gasteiger partial charge < -0.3 is 10.1 Å². The van der Waals surface area contributed by atoms with Crippen molar-refractivity contribution >= 4 is 22.8 Å². The van der Waals surface area contributed by atoms with Crippen LogP contribution in [-0.4, -0.2) is 20.1 Å². The van der Waals surface area contributed by atoms with Gasteiger partial charge in [-0.1, -0.05) is 11.6 Å². The molecule has 0 bridgehead atoms. The van der Waals surface area contributed by atoms with E-state index in [1.807, 2.05) is 13.0 Å². The molecule has 3 rings (SSSR count). The van der Waals surface area contributed by atoms with Gasteiger partial charge in [0.1, 0.15) is 11.6 Å². The predicted molar refractivity (Wildman–Crippen MR) is 70.7 cm³/mol. The first kappa shape index (κ1) is 11.0. The number of halogens is 1. The fourth-order valence-corrected chi connectivity index (χ4v) is 2.03. The van der Waals surface area contributed by atoms with Crippen molar-refractivity contribution in [2.45, 2.75) is 6.92 Å². The maximum Gasteiger partial charge on any atom is 0.178 e. The molecule has 0 saturated heterocycles. The molecule has 0 unspecified atom stereocenters. The summed E-state index contributed by atoms with van der Waals surface area (Å²) in [5, 5.41) is 10.4. The lowest BCUT2D eigenvalue weighted by molar-refractivity contribution is 0.477. The van der Waals surface area contributed by atoms with Crippen LogP contribution in [0.25, 0.3) is 22.6 Å². The minimum atomic E-state index is 0.0965. The van der Waals surface area contributed by atoms with Crippen LogP contribution in [0.1, 0.15) is 5.56 Å². The van der Waals surface area contributed by atoms with E-state index in [-0.39, 0.29) is 5.75 Å². The Morgan fingerprint density at radius 1 is 1.28 bits per heavy atom. The SMILES string of the molecule is Cc1ccnc2nc(-c3ccc(Cl)cc3O)[nH]c12. The minimum absolute atomic E-state index is 0.0965. The second-order valence-electron chi connectivity index (χ2n) is 4.07. The molecule has 0 aliphatic rings. The summed E-state index contributed by atoms with van der Waals surface area (Å²) < 4.78 is 0. The van der Waals surface area contributed by atoms with E-state index in [0.717, 1.165) is 11.1 Å². The number of hydrogen-bond donors (Lipinski definition) is 2. The van der Waals surface area contributed by atoms with Crippen molar-refractivity contribution in [1.82, 2.24) is 15.0 Å². The van der Waals surface area contributed by atoms with E-state index in [2.05, 4.69) is 15.0 Å². The van der Waals surface area contributed by atoms with Crippen molar-refractivity contribution in [3.8, 4) is 17.1 Å². The van der Waals surface area contributed by atoms with Crippen LogP contribution in [0, 0.1) is 6.92 Å². The zero-order valence-electron chi connectivity index (χ0n) is 9.61. The van der Waals surface area contributed by atoms with Gasteiger partial charge in [0.2, 0.25) is 0 Å². The third kappa shape index (κ3) is 1.71. The van der Waals surface area contributed by atoms with Crippen LogP contribution < -0.4 is 0 Å². The van der Waals surface area contributed by atoms with Gasteiger partial charge in [-0.15, -0.1) is 0 Å². The van der Waals surface area contributed by atoms with Crippen molar-refractivity contribution in [3.63, 3.8) is 0 Å². The van der Waals surface area contributed by atoms with Gasteiger partial charge in [-0.25, -0.2) is 9.97 Å². The smallest absolute Gasteiger partial charge is 0.178 e. The molecule has 2 N–H and O–H groups in total. The molecule has 90 valence electrons. The number of nitrogens with zero attached hydrogens (tertiary/aromatic N) is 2. The predicted octanol–water partition coefficient (Wildman–Crippen LogP) is 3.29. The lowest BCUT2D eigenvalue weighted by atomic mass is 10.2. The maximum atomic E-state index is 9.87. The minimum Gasteiger partial charge on any atom is -0.507 e. The van der Waals surface area contributed by atoms with Gasteiger partial charge in [0.25, 0.3) is 0 Å². The first-order valence-electron chi connectivity index (χ1n) is 5.45. The van der Waals surface area contributed by atoms with Crippen molar-refractivity contribution < 1.29 is 5.11 Å². The number of nitrogens with one attached hydrogen (secondary N) is 1. The lowest BCUT2D eigenvalue weighted by Crippen LogP contribution is -1.81. The number of hydrogen-bond acceptors (Lipinski definition) is 3. The molecule has 2 aromatic heterocycles. The Labute approximate surface area is 108 Å². The number of pyridine rings is 1. The molecular formula is C13H10ClN3O. The first-order chi connectivity index (χ1) is 8.65. The van der Waals surface area contributed by atoms with E-state index in [9.17, 15) is 5.11 Å². The molecule has 5 heteroatoms. The standard InChI is InChI=1S/C13H10ClN3O/c1-7-4-5-15-13-11(7)16-12(17-13)9-3-2-8(14)6-10(9)18/h2-6,18H,1H3,(H,15,16,17). The number of phenols is 1. The highest BCUT2D eigenvalue weighted by molar-refractivity contribution is 6.30. The largest absolute Gasteiger partial charge is 0.507 e. The van der Waals surface area contributed by atoms with Gasteiger partial charge in [0.15, 0.2) is 5.65 Å². The third-order valence-corrected chi connectivity index (χ3v) is 3.05. The number of aromatic nitrogens is 3. The number of aromatic hydroxyl groups is 1. The first-order valence-corrected chi connectivity index (χ1v) is 5.83. The van der Waals surface area contributed by atoms with Crippen molar-refractivity contribution in [2.75, 3.05) is 0 Å². The maximum absolute atomic E-state index is 9.87. The molecular weight excluding hydrogens is 250 g/mol. The molecule has 4 nitrogen and oxygen atoms in total. The number of H-pyrrole nitrogens is 1. The summed E-state index contributed by atoms with van der Waals surface area (Å²) in [6.45, 7) is 1.98. The molecule has 0 aliphatic carbocycles. The third-order valence-electron chi connectivity index (χ3n) is 2.82. The fraction of sp³-hybridized carbons (Fsp3) is 0.0769. The Bertz CT molecular complexity index is 736. The lowest BCUT2D eigenvalue weighted by Gasteiger charge is -2.00. The Morgan fingerprint density at radius 3 is 2.83 bits per heavy atom. The number of benzene rings is 1. The molecule has 0 aliphatic heterocycles. The summed E-state index contributed by atoms with van der Waals surface area (Å²) in [7, 11) is 0. The monoisotopic (exact) mass is 259 g/mol. The molecule has 0 atom stereocenters. The van der Waals surface area contributed by atoms with E-state index in [0.29, 0.717) is 22.1 Å². The average molecular weight is 260 g/mol. The van der Waals surface area contributed by atoms with Crippen molar-refractivity contribution in [3.05, 3.63) is 41.0 Å². The molecule has 0 saturated carbocycles. The van der Waals surface area contributed by atoms with Crippen LogP contribution in [0.2, 0.25) is 5.02 Å². The quantitative estimate of drug-likeness (QED) is 0.705. The summed E-state index contributed by atoms with van der Waals surface area (Å²) in [6, 6.07) is 6.84. The summed E-state index contributed by atoms with van der Waals surface area (Å²) in [4.78, 5) is 11.7. The molecule has 3 aromatic rings. The molecule has 0 spiro atoms. The van der Waals surface area contributed by atoms with Crippen LogP contribution in [0.5, 0.6) is 5.75 Å². The van der Waals surface area contributed by atoms with Crippen molar-refractivity contribution in [1.29, 1.82) is 0 Å². The van der Waals surface area contributed by atoms with Gasteiger partial charge in [-0.3, -0.25) is 0 Å². The highest BCUT2D eigenvalue weighted by atomic mass is 35.5. The average Bonchev–Trinajstić information content (AvgIpc) is 2.74. The van der Waals surface area contributed by atoms with E-state index >= 15 is 0 Å². The zero-order valence-corrected chi connectivity index (χ0v) is 10.4. The molecule has 0 amide bonds. The zero-order chi connectivity index (χ0) is 12.7. The van der Waals surface area contributed by atoms with Gasteiger partial charge in [0, 0.05) is 11.2 Å². The van der Waals surface area contributed by atoms with Crippen molar-refractivity contribution in [2.24, 2.45) is 0 Å². The van der Waals surface area contributed by atoms with Gasteiger partial charge >= 0.3 is 0 Å². The Balaban J connectivity index is 2.23. The molecule has 0 radical (unpaired) electrons. The number of aromatic amines is 1. The molecule has 0 fully saturated rings. The molecule has 2 heterocycles. The van der Waals surface area contributed by atoms with E-state index in [1.165, 1.54) is 6.07 Å². The number of aryl methyl sites for hydroxylation is 1. The van der Waals surface area contributed by atoms with Gasteiger partial charge in [-0.2, -0.15) is 0 Å². The Hall–Kier alpha value is -2.07. The fourth-order valence-electron chi connectivity index (χ4n) is 1.87. The Kier molecular flexibility index (Phi) is 2.45. The summed E-state index contributed by atoms with van der Waals surface area (Å²) in [5.74, 6) is 0.681. The number of rotatable bonds is 1. The number of imidazole rings is 1. The highest BCUT2D eigenvalue weighted by Crippen LogP contribution is 2.30. The molecule has 1 aromatic carbocycles. The topological polar surface area (TPSA) is 61.8 Å². The van der Waals surface area contributed by atoms with E-state index in [4.69, 9.17) is 11.6 Å². The second kappa shape index (κ2) is 3.99. The Morgan fingerprint density at radius 2 is 2.11 bits per heavy atom. The summed E-state index contributed by atoms with van der Waals surface area (Å²) in [6.07, 6.45) is 1.71. The van der Waals surface area contributed by atoms with Crippen LogP contribution >= 0.6 is 11.6 Å². The summed E-state index contributed by atoms with van der Waals surface area (Å²) >= 11 is 5.81. The number of phenolic OH excluding ortho intramolecular Hbond substituents is 1. The van der Waals surface area contributed by atoms with Gasteiger partial charge in [0.05, 0.1) is 11.1 Å². The van der Waals surface area contributed by atoms with Gasteiger partial charge in [-0.05, 0) is 36.8 Å². The van der Waals surface area contributed by atoms with Crippen LogP contribution in [0.15, 0.2) is 30.5 Å². The second-order valence-corrected chi connectivity index (χ2v) is 4.51. The number of fused-ring (bicyclic) bond motifs is 1. The van der Waals surface area contributed by atoms with E-state index in [1.54, 1.807) is 18.3 Å². The van der Waals surface area contributed by atoms with Crippen LogP contribution in [-0.2, 0) is 0 Å². The highest BCUT2D eigenvalue weighted by Gasteiger charge is 2.11. The summed E-state index contributed by atoms with van der Waals surface area (Å²) in [5.41, 5.74) is 3.19. The van der Waals surface area contributed by atoms with Crippen LogP contribution in [0.3, 0.4) is 0 Å². The molecule has 18 heavy (non-hydrogen) atoms. The van der Waals surface area contributed by atoms with E-state index < -0.39 is 0 Å². The van der Waals surface area contributed by atoms with Crippen LogP contribution in [0.4, 0.5) is 0 Å². The normalized spacial score (nSPS) is 11.0.